The Hall–Kier alpha value is -1.32. The number of rotatable bonds is 1. The standard InChI is InChI=1S/C5H6N2O2/c1-4-5(2-6-8)3-7-9-4/h2-3,8H,1H3/b6-2+. The zero-order valence-corrected chi connectivity index (χ0v) is 4.90. The van der Waals surface area contributed by atoms with Gasteiger partial charge >= 0.3 is 0 Å². The summed E-state index contributed by atoms with van der Waals surface area (Å²) < 4.78 is 4.66. The Kier molecular flexibility index (Phi) is 1.48. The van der Waals surface area contributed by atoms with E-state index in [9.17, 15) is 0 Å². The predicted molar refractivity (Wildman–Crippen MR) is 30.6 cm³/mol. The summed E-state index contributed by atoms with van der Waals surface area (Å²) in [7, 11) is 0. The summed E-state index contributed by atoms with van der Waals surface area (Å²) in [6, 6.07) is 0. The van der Waals surface area contributed by atoms with Crippen molar-refractivity contribution in [3.8, 4) is 0 Å². The van der Waals surface area contributed by atoms with E-state index >= 15 is 0 Å². The Bertz CT molecular complexity index is 216. The summed E-state index contributed by atoms with van der Waals surface area (Å²) >= 11 is 0. The van der Waals surface area contributed by atoms with Gasteiger partial charge in [0, 0.05) is 0 Å². The summed E-state index contributed by atoms with van der Waals surface area (Å²) in [6.07, 6.45) is 2.75. The van der Waals surface area contributed by atoms with E-state index in [0.717, 1.165) is 0 Å². The highest BCUT2D eigenvalue weighted by Crippen LogP contribution is 2.00. The lowest BCUT2D eigenvalue weighted by molar-refractivity contribution is 0.321. The predicted octanol–water partition coefficient (Wildman–Crippen LogP) is 0.791. The fourth-order valence-corrected chi connectivity index (χ4v) is 0.492. The average Bonchev–Trinajstić information content (AvgIpc) is 2.18. The lowest BCUT2D eigenvalue weighted by Crippen LogP contribution is -1.77. The molecule has 9 heavy (non-hydrogen) atoms. The number of hydrogen-bond donors (Lipinski definition) is 1. The molecule has 1 aromatic rings. The maximum atomic E-state index is 8.06. The van der Waals surface area contributed by atoms with Gasteiger partial charge in [0.15, 0.2) is 0 Å². The summed E-state index contributed by atoms with van der Waals surface area (Å²) in [5, 5.41) is 14.3. The highest BCUT2D eigenvalue weighted by atomic mass is 16.5. The minimum atomic E-state index is 0.646. The summed E-state index contributed by atoms with van der Waals surface area (Å²) in [4.78, 5) is 0. The van der Waals surface area contributed by atoms with Crippen LogP contribution in [-0.2, 0) is 0 Å². The van der Waals surface area contributed by atoms with Crippen LogP contribution in [0.2, 0.25) is 0 Å². The Morgan fingerprint density at radius 3 is 3.11 bits per heavy atom. The third-order valence-corrected chi connectivity index (χ3v) is 0.985. The van der Waals surface area contributed by atoms with E-state index in [1.165, 1.54) is 12.4 Å². The maximum absolute atomic E-state index is 8.06. The van der Waals surface area contributed by atoms with Crippen molar-refractivity contribution in [2.45, 2.75) is 6.92 Å². The third kappa shape index (κ3) is 1.07. The molecule has 0 aromatic carbocycles. The first kappa shape index (κ1) is 5.81. The van der Waals surface area contributed by atoms with Gasteiger partial charge in [-0.1, -0.05) is 10.3 Å². The number of aromatic nitrogens is 1. The van der Waals surface area contributed by atoms with Crippen LogP contribution in [-0.4, -0.2) is 16.6 Å². The molecule has 0 radical (unpaired) electrons. The van der Waals surface area contributed by atoms with Gasteiger partial charge < -0.3 is 9.73 Å². The van der Waals surface area contributed by atoms with E-state index in [1.807, 2.05) is 0 Å². The van der Waals surface area contributed by atoms with E-state index in [4.69, 9.17) is 5.21 Å². The molecule has 1 rings (SSSR count). The second kappa shape index (κ2) is 2.30. The lowest BCUT2D eigenvalue weighted by Gasteiger charge is -1.79. The highest BCUT2D eigenvalue weighted by molar-refractivity contribution is 5.79. The van der Waals surface area contributed by atoms with Crippen LogP contribution in [0.1, 0.15) is 11.3 Å². The molecule has 0 bridgehead atoms. The smallest absolute Gasteiger partial charge is 0.142 e. The molecule has 4 heteroatoms. The fourth-order valence-electron chi connectivity index (χ4n) is 0.492. The molecular weight excluding hydrogens is 120 g/mol. The molecule has 4 nitrogen and oxygen atoms in total. The van der Waals surface area contributed by atoms with Gasteiger partial charge in [0.25, 0.3) is 0 Å². The lowest BCUT2D eigenvalue weighted by atomic mass is 10.3. The largest absolute Gasteiger partial charge is 0.411 e. The molecule has 1 N–H and O–H groups in total. The Morgan fingerprint density at radius 2 is 2.67 bits per heavy atom. The molecule has 0 amide bonds. The number of hydrogen-bond acceptors (Lipinski definition) is 4. The van der Waals surface area contributed by atoms with Crippen LogP contribution in [0.4, 0.5) is 0 Å². The normalized spacial score (nSPS) is 10.8. The molecule has 0 aliphatic rings. The van der Waals surface area contributed by atoms with E-state index in [-0.39, 0.29) is 0 Å². The molecule has 0 saturated heterocycles. The first-order valence-corrected chi connectivity index (χ1v) is 2.43. The van der Waals surface area contributed by atoms with Crippen molar-refractivity contribution in [3.05, 3.63) is 17.5 Å². The summed E-state index contributed by atoms with van der Waals surface area (Å²) in [5.74, 6) is 0.646. The molecule has 0 saturated carbocycles. The zero-order chi connectivity index (χ0) is 6.69. The van der Waals surface area contributed by atoms with E-state index in [1.54, 1.807) is 6.92 Å². The molecule has 0 aliphatic carbocycles. The Morgan fingerprint density at radius 1 is 1.89 bits per heavy atom. The van der Waals surface area contributed by atoms with Crippen molar-refractivity contribution in [3.63, 3.8) is 0 Å². The van der Waals surface area contributed by atoms with Crippen molar-refractivity contribution in [1.82, 2.24) is 5.16 Å². The summed E-state index contributed by atoms with van der Waals surface area (Å²) in [5.41, 5.74) is 0.692. The van der Waals surface area contributed by atoms with E-state index < -0.39 is 0 Å². The van der Waals surface area contributed by atoms with Gasteiger partial charge in [-0.25, -0.2) is 0 Å². The van der Waals surface area contributed by atoms with Crippen LogP contribution >= 0.6 is 0 Å². The van der Waals surface area contributed by atoms with Crippen molar-refractivity contribution in [2.75, 3.05) is 0 Å². The maximum Gasteiger partial charge on any atom is 0.142 e. The van der Waals surface area contributed by atoms with Gasteiger partial charge in [-0.2, -0.15) is 0 Å². The number of aryl methyl sites for hydroxylation is 1. The minimum absolute atomic E-state index is 0.646. The molecule has 1 heterocycles. The fraction of sp³-hybridized carbons (Fsp3) is 0.200. The Labute approximate surface area is 51.8 Å². The van der Waals surface area contributed by atoms with Crippen LogP contribution in [0.5, 0.6) is 0 Å². The van der Waals surface area contributed by atoms with E-state index in [2.05, 4.69) is 14.8 Å². The van der Waals surface area contributed by atoms with Crippen LogP contribution in [0, 0.1) is 6.92 Å². The van der Waals surface area contributed by atoms with Crippen LogP contribution < -0.4 is 0 Å². The molecule has 48 valence electrons. The van der Waals surface area contributed by atoms with Gasteiger partial charge in [0.2, 0.25) is 0 Å². The highest BCUT2D eigenvalue weighted by Gasteiger charge is 1.96. The number of oxime groups is 1. The van der Waals surface area contributed by atoms with Crippen LogP contribution in [0.3, 0.4) is 0 Å². The summed E-state index contributed by atoms with van der Waals surface area (Å²) in [6.45, 7) is 1.74. The van der Waals surface area contributed by atoms with Crippen molar-refractivity contribution in [1.29, 1.82) is 0 Å². The number of nitrogens with zero attached hydrogens (tertiary/aromatic N) is 2. The monoisotopic (exact) mass is 126 g/mol. The molecule has 0 fully saturated rings. The second-order valence-corrected chi connectivity index (χ2v) is 1.58. The molecule has 0 atom stereocenters. The quantitative estimate of drug-likeness (QED) is 0.344. The van der Waals surface area contributed by atoms with Gasteiger partial charge in [0.1, 0.15) is 5.76 Å². The third-order valence-electron chi connectivity index (χ3n) is 0.985. The molecular formula is C5H6N2O2. The van der Waals surface area contributed by atoms with Gasteiger partial charge in [0.05, 0.1) is 18.0 Å². The molecule has 0 aliphatic heterocycles. The SMILES string of the molecule is Cc1oncc1/C=N/O. The molecule has 0 unspecified atom stereocenters. The molecule has 1 aromatic heterocycles. The van der Waals surface area contributed by atoms with Gasteiger partial charge in [-0.15, -0.1) is 0 Å². The average molecular weight is 126 g/mol. The van der Waals surface area contributed by atoms with Crippen molar-refractivity contribution < 1.29 is 9.73 Å². The molecule has 0 spiro atoms. The second-order valence-electron chi connectivity index (χ2n) is 1.58. The Balaban J connectivity index is 2.94. The van der Waals surface area contributed by atoms with Crippen molar-refractivity contribution in [2.24, 2.45) is 5.16 Å². The zero-order valence-electron chi connectivity index (χ0n) is 4.90. The topological polar surface area (TPSA) is 58.6 Å². The van der Waals surface area contributed by atoms with Crippen LogP contribution in [0.15, 0.2) is 15.9 Å². The first-order valence-electron chi connectivity index (χ1n) is 2.43. The van der Waals surface area contributed by atoms with Crippen LogP contribution in [0.25, 0.3) is 0 Å². The first-order chi connectivity index (χ1) is 4.34. The minimum Gasteiger partial charge on any atom is -0.411 e. The van der Waals surface area contributed by atoms with Gasteiger partial charge in [-0.05, 0) is 6.92 Å². The van der Waals surface area contributed by atoms with E-state index in [0.29, 0.717) is 11.3 Å². The van der Waals surface area contributed by atoms with Crippen molar-refractivity contribution >= 4 is 6.21 Å². The van der Waals surface area contributed by atoms with Gasteiger partial charge in [-0.3, -0.25) is 0 Å².